The predicted octanol–water partition coefficient (Wildman–Crippen LogP) is 3.57. The molecule has 0 heterocycles. The molecule has 0 unspecified atom stereocenters. The van der Waals surface area contributed by atoms with E-state index in [0.717, 1.165) is 5.69 Å². The third kappa shape index (κ3) is 4.80. The molecule has 0 aliphatic rings. The lowest BCUT2D eigenvalue weighted by atomic mass is 10.2. The van der Waals surface area contributed by atoms with Crippen molar-refractivity contribution >= 4 is 46.5 Å². The summed E-state index contributed by atoms with van der Waals surface area (Å²) in [7, 11) is 0. The second-order valence-corrected chi connectivity index (χ2v) is 5.03. The Bertz CT molecular complexity index is 719. The van der Waals surface area contributed by atoms with Gasteiger partial charge in [-0.1, -0.05) is 17.7 Å². The van der Waals surface area contributed by atoms with Gasteiger partial charge >= 0.3 is 0 Å². The van der Waals surface area contributed by atoms with E-state index in [4.69, 9.17) is 23.8 Å². The smallest absolute Gasteiger partial charge is 0.269 e. The Morgan fingerprint density at radius 1 is 1.27 bits per heavy atom. The number of hydrogen-bond donors (Lipinski definition) is 2. The number of hydrogen-bond acceptors (Lipinski definition) is 4. The first-order valence-electron chi connectivity index (χ1n) is 6.15. The molecule has 0 bridgehead atoms. The molecule has 0 radical (unpaired) electrons. The van der Waals surface area contributed by atoms with Gasteiger partial charge in [0.1, 0.15) is 0 Å². The van der Waals surface area contributed by atoms with Crippen molar-refractivity contribution in [1.82, 2.24) is 5.43 Å². The summed E-state index contributed by atoms with van der Waals surface area (Å²) in [6.07, 6.45) is 1.51. The van der Waals surface area contributed by atoms with Gasteiger partial charge in [0.15, 0.2) is 5.11 Å². The molecule has 0 saturated heterocycles. The molecular formula is C14H11ClN4O2S. The fourth-order valence-corrected chi connectivity index (χ4v) is 1.93. The average Bonchev–Trinajstić information content (AvgIpc) is 2.47. The number of halogens is 1. The summed E-state index contributed by atoms with van der Waals surface area (Å²) < 4.78 is 0. The van der Waals surface area contributed by atoms with Crippen LogP contribution in [0.25, 0.3) is 0 Å². The Morgan fingerprint density at radius 2 is 2.00 bits per heavy atom. The van der Waals surface area contributed by atoms with E-state index in [1.165, 1.54) is 18.3 Å². The lowest BCUT2D eigenvalue weighted by Gasteiger charge is -2.06. The van der Waals surface area contributed by atoms with Crippen LogP contribution in [0.2, 0.25) is 5.02 Å². The van der Waals surface area contributed by atoms with Crippen molar-refractivity contribution in [2.45, 2.75) is 0 Å². The van der Waals surface area contributed by atoms with E-state index < -0.39 is 4.92 Å². The Labute approximate surface area is 136 Å². The van der Waals surface area contributed by atoms with Crippen LogP contribution >= 0.6 is 23.8 Å². The lowest BCUT2D eigenvalue weighted by molar-refractivity contribution is -0.384. The van der Waals surface area contributed by atoms with Gasteiger partial charge in [0, 0.05) is 22.8 Å². The topological polar surface area (TPSA) is 79.6 Å². The number of thiocarbonyl (C=S) groups is 1. The summed E-state index contributed by atoms with van der Waals surface area (Å²) in [5.74, 6) is 0. The number of nitro groups is 1. The number of rotatable bonds is 4. The van der Waals surface area contributed by atoms with Crippen LogP contribution in [0.3, 0.4) is 0 Å². The van der Waals surface area contributed by atoms with E-state index in [1.807, 2.05) is 6.07 Å². The second kappa shape index (κ2) is 7.48. The van der Waals surface area contributed by atoms with Crippen LogP contribution in [-0.2, 0) is 0 Å². The highest BCUT2D eigenvalue weighted by Gasteiger charge is 2.02. The van der Waals surface area contributed by atoms with Gasteiger partial charge in [0.2, 0.25) is 0 Å². The van der Waals surface area contributed by atoms with Gasteiger partial charge in [0.25, 0.3) is 5.69 Å². The maximum Gasteiger partial charge on any atom is 0.269 e. The Morgan fingerprint density at radius 3 is 2.64 bits per heavy atom. The van der Waals surface area contributed by atoms with Crippen molar-refractivity contribution < 1.29 is 4.92 Å². The van der Waals surface area contributed by atoms with Gasteiger partial charge in [-0.05, 0) is 48.1 Å². The van der Waals surface area contributed by atoms with E-state index in [2.05, 4.69) is 15.8 Å². The highest BCUT2D eigenvalue weighted by atomic mass is 35.5. The SMILES string of the molecule is O=[N+]([O-])c1ccc(C=NNC(=S)Nc2cccc(Cl)c2)cc1. The molecular weight excluding hydrogens is 324 g/mol. The molecule has 6 nitrogen and oxygen atoms in total. The quantitative estimate of drug-likeness (QED) is 0.387. The number of nitro benzene ring substituents is 1. The van der Waals surface area contributed by atoms with Crippen LogP contribution in [0, 0.1) is 10.1 Å². The fourth-order valence-electron chi connectivity index (χ4n) is 1.57. The maximum absolute atomic E-state index is 10.5. The third-order valence-corrected chi connectivity index (χ3v) is 2.99. The minimum Gasteiger partial charge on any atom is -0.331 e. The van der Waals surface area contributed by atoms with Crippen LogP contribution in [-0.4, -0.2) is 16.3 Å². The molecule has 0 amide bonds. The molecule has 0 aliphatic carbocycles. The van der Waals surface area contributed by atoms with Crippen molar-refractivity contribution in [1.29, 1.82) is 0 Å². The molecule has 0 atom stereocenters. The third-order valence-electron chi connectivity index (χ3n) is 2.57. The van der Waals surface area contributed by atoms with Crippen molar-refractivity contribution in [3.05, 3.63) is 69.2 Å². The van der Waals surface area contributed by atoms with Crippen LogP contribution in [0.1, 0.15) is 5.56 Å². The number of benzene rings is 2. The van der Waals surface area contributed by atoms with E-state index >= 15 is 0 Å². The number of nitrogens with zero attached hydrogens (tertiary/aromatic N) is 2. The first-order chi connectivity index (χ1) is 10.5. The van der Waals surface area contributed by atoms with Crippen molar-refractivity contribution in [2.75, 3.05) is 5.32 Å². The Kier molecular flexibility index (Phi) is 5.40. The minimum atomic E-state index is -0.455. The Hall–Kier alpha value is -2.51. The van der Waals surface area contributed by atoms with E-state index in [1.54, 1.807) is 30.3 Å². The summed E-state index contributed by atoms with van der Waals surface area (Å²) in [5.41, 5.74) is 4.14. The number of nitrogens with one attached hydrogen (secondary N) is 2. The molecule has 0 aromatic heterocycles. The molecule has 0 saturated carbocycles. The predicted molar refractivity (Wildman–Crippen MR) is 91.5 cm³/mol. The summed E-state index contributed by atoms with van der Waals surface area (Å²) in [4.78, 5) is 10.1. The zero-order chi connectivity index (χ0) is 15.9. The largest absolute Gasteiger partial charge is 0.331 e. The Balaban J connectivity index is 1.89. The lowest BCUT2D eigenvalue weighted by Crippen LogP contribution is -2.23. The molecule has 2 aromatic carbocycles. The molecule has 2 rings (SSSR count). The standard InChI is InChI=1S/C14H11ClN4O2S/c15-11-2-1-3-12(8-11)17-14(22)18-16-9-10-4-6-13(7-5-10)19(20)21/h1-9H,(H2,17,18,22). The normalized spacial score (nSPS) is 10.4. The van der Waals surface area contributed by atoms with Gasteiger partial charge in [-0.2, -0.15) is 5.10 Å². The molecule has 8 heteroatoms. The van der Waals surface area contributed by atoms with Gasteiger partial charge < -0.3 is 5.32 Å². The summed E-state index contributed by atoms with van der Waals surface area (Å²) in [5, 5.41) is 18.3. The first-order valence-corrected chi connectivity index (χ1v) is 6.93. The van der Waals surface area contributed by atoms with E-state index in [0.29, 0.717) is 15.7 Å². The van der Waals surface area contributed by atoms with E-state index in [9.17, 15) is 10.1 Å². The van der Waals surface area contributed by atoms with Gasteiger partial charge in [-0.3, -0.25) is 15.5 Å². The van der Waals surface area contributed by atoms with Crippen LogP contribution in [0.15, 0.2) is 53.6 Å². The molecule has 2 N–H and O–H groups in total. The molecule has 0 spiro atoms. The molecule has 112 valence electrons. The van der Waals surface area contributed by atoms with Crippen molar-refractivity contribution in [2.24, 2.45) is 5.10 Å². The summed E-state index contributed by atoms with van der Waals surface area (Å²) in [6.45, 7) is 0. The second-order valence-electron chi connectivity index (χ2n) is 4.18. The average molecular weight is 335 g/mol. The first kappa shape index (κ1) is 15.9. The van der Waals surface area contributed by atoms with Gasteiger partial charge in [-0.15, -0.1) is 0 Å². The molecule has 2 aromatic rings. The maximum atomic E-state index is 10.5. The van der Waals surface area contributed by atoms with E-state index in [-0.39, 0.29) is 5.69 Å². The minimum absolute atomic E-state index is 0.0308. The van der Waals surface area contributed by atoms with Gasteiger partial charge in [0.05, 0.1) is 11.1 Å². The summed E-state index contributed by atoms with van der Waals surface area (Å²) in [6, 6.07) is 13.1. The summed E-state index contributed by atoms with van der Waals surface area (Å²) >= 11 is 10.9. The zero-order valence-electron chi connectivity index (χ0n) is 11.2. The van der Waals surface area contributed by atoms with Crippen molar-refractivity contribution in [3.63, 3.8) is 0 Å². The van der Waals surface area contributed by atoms with Gasteiger partial charge in [-0.25, -0.2) is 0 Å². The number of hydrazone groups is 1. The monoisotopic (exact) mass is 334 g/mol. The highest BCUT2D eigenvalue weighted by Crippen LogP contribution is 2.14. The van der Waals surface area contributed by atoms with Crippen LogP contribution in [0.5, 0.6) is 0 Å². The fraction of sp³-hybridized carbons (Fsp3) is 0. The van der Waals surface area contributed by atoms with Crippen LogP contribution in [0.4, 0.5) is 11.4 Å². The van der Waals surface area contributed by atoms with Crippen LogP contribution < -0.4 is 10.7 Å². The zero-order valence-corrected chi connectivity index (χ0v) is 12.8. The van der Waals surface area contributed by atoms with Crippen molar-refractivity contribution in [3.8, 4) is 0 Å². The molecule has 22 heavy (non-hydrogen) atoms. The number of anilines is 1. The highest BCUT2D eigenvalue weighted by molar-refractivity contribution is 7.80. The molecule has 0 aliphatic heterocycles. The number of non-ortho nitro benzene ring substituents is 1. The molecule has 0 fully saturated rings.